The van der Waals surface area contributed by atoms with Crippen LogP contribution in [0.1, 0.15) is 11.1 Å². The number of nitriles is 1. The number of alkyl halides is 2. The van der Waals surface area contributed by atoms with Crippen molar-refractivity contribution in [2.24, 2.45) is 0 Å². The first-order valence-corrected chi connectivity index (χ1v) is 6.21. The summed E-state index contributed by atoms with van der Waals surface area (Å²) in [5.74, 6) is 2.43. The fourth-order valence-corrected chi connectivity index (χ4v) is 2.08. The van der Waals surface area contributed by atoms with E-state index in [1.54, 1.807) is 36.4 Å². The van der Waals surface area contributed by atoms with Crippen molar-refractivity contribution in [1.82, 2.24) is 4.90 Å². The monoisotopic (exact) mass is 282 g/mol. The van der Waals surface area contributed by atoms with Crippen molar-refractivity contribution in [3.05, 3.63) is 65.4 Å². The molecule has 1 aliphatic rings. The Bertz CT molecular complexity index is 698. The molecule has 0 aliphatic carbocycles. The lowest BCUT2D eigenvalue weighted by Gasteiger charge is -2.31. The first-order chi connectivity index (χ1) is 10.1. The molecule has 2 nitrogen and oxygen atoms in total. The van der Waals surface area contributed by atoms with Crippen LogP contribution in [-0.4, -0.2) is 17.9 Å². The molecule has 104 valence electrons. The SMILES string of the molecule is C#CC1=CC=C(c2ccc(C#N)cc2)N(CC(F)F)C1=C. The van der Waals surface area contributed by atoms with Gasteiger partial charge in [0.1, 0.15) is 0 Å². The zero-order valence-electron chi connectivity index (χ0n) is 11.2. The van der Waals surface area contributed by atoms with E-state index in [2.05, 4.69) is 12.5 Å². The van der Waals surface area contributed by atoms with Crippen molar-refractivity contribution in [2.75, 3.05) is 6.54 Å². The highest BCUT2D eigenvalue weighted by Gasteiger charge is 2.23. The zero-order valence-corrected chi connectivity index (χ0v) is 11.2. The topological polar surface area (TPSA) is 27.0 Å². The Morgan fingerprint density at radius 1 is 1.24 bits per heavy atom. The van der Waals surface area contributed by atoms with Crippen LogP contribution in [0, 0.1) is 23.7 Å². The summed E-state index contributed by atoms with van der Waals surface area (Å²) in [5, 5.41) is 8.80. The average Bonchev–Trinajstić information content (AvgIpc) is 2.49. The smallest absolute Gasteiger partial charge is 0.256 e. The Morgan fingerprint density at radius 2 is 1.90 bits per heavy atom. The Labute approximate surface area is 122 Å². The summed E-state index contributed by atoms with van der Waals surface area (Å²) in [4.78, 5) is 1.40. The molecule has 0 atom stereocenters. The molecular weight excluding hydrogens is 270 g/mol. The number of rotatable bonds is 3. The van der Waals surface area contributed by atoms with Gasteiger partial charge in [-0.3, -0.25) is 0 Å². The van der Waals surface area contributed by atoms with Crippen LogP contribution in [-0.2, 0) is 0 Å². The second-order valence-corrected chi connectivity index (χ2v) is 4.41. The zero-order chi connectivity index (χ0) is 15.4. The van der Waals surface area contributed by atoms with Gasteiger partial charge in [-0.2, -0.15) is 5.26 Å². The van der Waals surface area contributed by atoms with Gasteiger partial charge in [-0.25, -0.2) is 8.78 Å². The number of hydrogen-bond acceptors (Lipinski definition) is 2. The molecule has 1 aromatic rings. The molecule has 0 unspecified atom stereocenters. The average molecular weight is 282 g/mol. The van der Waals surface area contributed by atoms with Crippen LogP contribution in [0.5, 0.6) is 0 Å². The van der Waals surface area contributed by atoms with E-state index in [1.165, 1.54) is 4.90 Å². The summed E-state index contributed by atoms with van der Waals surface area (Å²) < 4.78 is 25.6. The van der Waals surface area contributed by atoms with Gasteiger partial charge in [0, 0.05) is 17.0 Å². The molecule has 0 radical (unpaired) electrons. The highest BCUT2D eigenvalue weighted by molar-refractivity contribution is 5.72. The molecule has 0 N–H and O–H groups in total. The largest absolute Gasteiger partial charge is 0.335 e. The summed E-state index contributed by atoms with van der Waals surface area (Å²) in [6, 6.07) is 8.72. The Balaban J connectivity index is 2.44. The lowest BCUT2D eigenvalue weighted by Crippen LogP contribution is -2.29. The van der Waals surface area contributed by atoms with Crippen LogP contribution in [0.25, 0.3) is 5.70 Å². The Hall–Kier alpha value is -2.85. The standard InChI is InChI=1S/C17H12F2N2/c1-3-14-8-9-16(21(12(14)2)11-17(18)19)15-6-4-13(10-20)5-7-15/h1,4-9,17H,2,11H2. The van der Waals surface area contributed by atoms with Gasteiger partial charge in [-0.05, 0) is 29.8 Å². The fourth-order valence-electron chi connectivity index (χ4n) is 2.08. The molecule has 1 aliphatic heterocycles. The maximum atomic E-state index is 12.8. The lowest BCUT2D eigenvalue weighted by atomic mass is 10.0. The van der Waals surface area contributed by atoms with Gasteiger partial charge < -0.3 is 4.90 Å². The molecule has 0 spiro atoms. The van der Waals surface area contributed by atoms with E-state index in [4.69, 9.17) is 11.7 Å². The molecule has 0 aromatic heterocycles. The molecule has 0 saturated heterocycles. The quantitative estimate of drug-likeness (QED) is 0.793. The molecule has 0 amide bonds. The third-order valence-electron chi connectivity index (χ3n) is 3.12. The van der Waals surface area contributed by atoms with Crippen LogP contribution in [0.4, 0.5) is 8.78 Å². The van der Waals surface area contributed by atoms with Crippen molar-refractivity contribution < 1.29 is 8.78 Å². The fraction of sp³-hybridized carbons (Fsp3) is 0.118. The number of allylic oxidation sites excluding steroid dienone is 3. The predicted octanol–water partition coefficient (Wildman–Crippen LogP) is 3.55. The van der Waals surface area contributed by atoms with E-state index >= 15 is 0 Å². The number of halogens is 2. The van der Waals surface area contributed by atoms with Crippen LogP contribution in [0.15, 0.2) is 54.3 Å². The van der Waals surface area contributed by atoms with E-state index in [1.807, 2.05) is 6.07 Å². The summed E-state index contributed by atoms with van der Waals surface area (Å²) >= 11 is 0. The van der Waals surface area contributed by atoms with Gasteiger partial charge in [-0.1, -0.05) is 24.6 Å². The van der Waals surface area contributed by atoms with Crippen molar-refractivity contribution in [3.8, 4) is 18.4 Å². The van der Waals surface area contributed by atoms with Gasteiger partial charge >= 0.3 is 0 Å². The molecule has 21 heavy (non-hydrogen) atoms. The maximum Gasteiger partial charge on any atom is 0.256 e. The van der Waals surface area contributed by atoms with Gasteiger partial charge in [0.25, 0.3) is 6.43 Å². The van der Waals surface area contributed by atoms with E-state index in [9.17, 15) is 8.78 Å². The summed E-state index contributed by atoms with van der Waals surface area (Å²) in [6.45, 7) is 3.32. The number of benzene rings is 1. The third kappa shape index (κ3) is 3.01. The molecule has 1 aromatic carbocycles. The first kappa shape index (κ1) is 14.6. The number of nitrogens with zero attached hydrogens (tertiary/aromatic N) is 2. The lowest BCUT2D eigenvalue weighted by molar-refractivity contribution is 0.123. The maximum absolute atomic E-state index is 12.8. The predicted molar refractivity (Wildman–Crippen MR) is 77.9 cm³/mol. The van der Waals surface area contributed by atoms with Gasteiger partial charge in [0.05, 0.1) is 18.2 Å². The van der Waals surface area contributed by atoms with E-state index in [-0.39, 0.29) is 0 Å². The van der Waals surface area contributed by atoms with Crippen molar-refractivity contribution >= 4 is 5.70 Å². The van der Waals surface area contributed by atoms with Crippen molar-refractivity contribution in [1.29, 1.82) is 5.26 Å². The van der Waals surface area contributed by atoms with Crippen LogP contribution >= 0.6 is 0 Å². The minimum Gasteiger partial charge on any atom is -0.335 e. The van der Waals surface area contributed by atoms with E-state index in [0.717, 1.165) is 5.56 Å². The van der Waals surface area contributed by atoms with Gasteiger partial charge in [0.2, 0.25) is 0 Å². The Morgan fingerprint density at radius 3 is 2.43 bits per heavy atom. The second-order valence-electron chi connectivity index (χ2n) is 4.41. The molecular formula is C17H12F2N2. The van der Waals surface area contributed by atoms with Crippen LogP contribution < -0.4 is 0 Å². The van der Waals surface area contributed by atoms with Gasteiger partial charge in [-0.15, -0.1) is 6.42 Å². The molecule has 2 rings (SSSR count). The first-order valence-electron chi connectivity index (χ1n) is 6.21. The molecule has 1 heterocycles. The van der Waals surface area contributed by atoms with Crippen LogP contribution in [0.2, 0.25) is 0 Å². The summed E-state index contributed by atoms with van der Waals surface area (Å²) in [5.41, 5.74) is 2.67. The van der Waals surface area contributed by atoms with E-state index in [0.29, 0.717) is 22.5 Å². The molecule has 0 bridgehead atoms. The second kappa shape index (κ2) is 6.07. The van der Waals surface area contributed by atoms with Crippen molar-refractivity contribution in [2.45, 2.75) is 6.43 Å². The third-order valence-corrected chi connectivity index (χ3v) is 3.12. The molecule has 4 heteroatoms. The Kier molecular flexibility index (Phi) is 4.21. The van der Waals surface area contributed by atoms with E-state index < -0.39 is 13.0 Å². The van der Waals surface area contributed by atoms with Crippen LogP contribution in [0.3, 0.4) is 0 Å². The van der Waals surface area contributed by atoms with Crippen molar-refractivity contribution in [3.63, 3.8) is 0 Å². The summed E-state index contributed by atoms with van der Waals surface area (Å²) in [6.07, 6.45) is 6.20. The highest BCUT2D eigenvalue weighted by Crippen LogP contribution is 2.31. The minimum absolute atomic E-state index is 0.375. The van der Waals surface area contributed by atoms with Gasteiger partial charge in [0.15, 0.2) is 0 Å². The highest BCUT2D eigenvalue weighted by atomic mass is 19.3. The minimum atomic E-state index is -2.51. The summed E-state index contributed by atoms with van der Waals surface area (Å²) in [7, 11) is 0. The molecule has 0 fully saturated rings. The molecule has 0 saturated carbocycles. The normalized spacial score (nSPS) is 14.3. The number of terminal acetylenes is 1. The number of hydrogen-bond donors (Lipinski definition) is 0.